The highest BCUT2D eigenvalue weighted by Crippen LogP contribution is 2.39. The second kappa shape index (κ2) is 9.90. The van der Waals surface area contributed by atoms with E-state index >= 15 is 0 Å². The predicted octanol–water partition coefficient (Wildman–Crippen LogP) is 4.63. The van der Waals surface area contributed by atoms with E-state index in [-0.39, 0.29) is 24.6 Å². The Morgan fingerprint density at radius 3 is 2.38 bits per heavy atom. The fraction of sp³-hybridized carbons (Fsp3) is 0.333. The van der Waals surface area contributed by atoms with E-state index in [0.717, 1.165) is 54.0 Å². The molecule has 2 saturated heterocycles. The lowest BCUT2D eigenvalue weighted by Crippen LogP contribution is -2.47. The van der Waals surface area contributed by atoms with Crippen molar-refractivity contribution in [1.82, 2.24) is 15.1 Å². The molecule has 190 valence electrons. The van der Waals surface area contributed by atoms with Crippen LogP contribution in [0.1, 0.15) is 42.0 Å². The van der Waals surface area contributed by atoms with E-state index in [9.17, 15) is 9.59 Å². The van der Waals surface area contributed by atoms with E-state index in [2.05, 4.69) is 22.3 Å². The number of urea groups is 1. The lowest BCUT2D eigenvalue weighted by Gasteiger charge is -2.30. The molecule has 3 heterocycles. The Hall–Kier alpha value is -3.84. The molecule has 0 radical (unpaired) electrons. The van der Waals surface area contributed by atoms with Gasteiger partial charge in [0, 0.05) is 25.4 Å². The highest BCUT2D eigenvalue weighted by atomic mass is 16.5. The number of amides is 3. The number of nitrogens with zero attached hydrogens (tertiary/aromatic N) is 2. The van der Waals surface area contributed by atoms with E-state index < -0.39 is 5.54 Å². The van der Waals surface area contributed by atoms with Crippen LogP contribution in [0.25, 0.3) is 0 Å². The van der Waals surface area contributed by atoms with Crippen LogP contribution in [0, 0.1) is 0 Å². The monoisotopic (exact) mass is 497 g/mol. The topological polar surface area (TPSA) is 71.1 Å². The van der Waals surface area contributed by atoms with Crippen LogP contribution in [0.2, 0.25) is 0 Å². The van der Waals surface area contributed by atoms with Crippen LogP contribution in [-0.2, 0) is 16.8 Å². The van der Waals surface area contributed by atoms with Gasteiger partial charge in [-0.2, -0.15) is 0 Å². The highest BCUT2D eigenvalue weighted by molar-refractivity contribution is 6.07. The summed E-state index contributed by atoms with van der Waals surface area (Å²) < 4.78 is 11.7. The Kier molecular flexibility index (Phi) is 6.30. The van der Waals surface area contributed by atoms with Crippen LogP contribution in [-0.4, -0.2) is 48.2 Å². The predicted molar refractivity (Wildman–Crippen MR) is 139 cm³/mol. The average molecular weight is 498 g/mol. The van der Waals surface area contributed by atoms with Crippen molar-refractivity contribution in [1.29, 1.82) is 0 Å². The van der Waals surface area contributed by atoms with Crippen molar-refractivity contribution in [3.05, 3.63) is 95.6 Å². The molecule has 3 amide bonds. The van der Waals surface area contributed by atoms with Crippen molar-refractivity contribution in [2.45, 2.75) is 37.3 Å². The number of benzene rings is 3. The molecule has 1 N–H and O–H groups in total. The third-order valence-corrected chi connectivity index (χ3v) is 7.60. The molecule has 0 bridgehead atoms. The van der Waals surface area contributed by atoms with Gasteiger partial charge in [0.15, 0.2) is 17.0 Å². The molecule has 3 aromatic rings. The van der Waals surface area contributed by atoms with Gasteiger partial charge in [-0.15, -0.1) is 0 Å². The number of ether oxygens (including phenoxy) is 2. The standard InChI is InChI=1S/C30H31N3O4/c34-28-30(24-11-5-2-6-12-24,20-22-9-3-1-4-10-22)31-29(35)33(28)21-32-16-7-13-25(32)23-14-15-26-27(19-23)37-18-8-17-36-26/h1-6,9-12,14-15,19,25H,7-8,13,16-18,20-21H2,(H,31,35)/t25-,30-/m1/s1. The molecule has 2 fully saturated rings. The van der Waals surface area contributed by atoms with Crippen molar-refractivity contribution in [3.63, 3.8) is 0 Å². The van der Waals surface area contributed by atoms with Crippen LogP contribution in [0.5, 0.6) is 11.5 Å². The number of imide groups is 1. The maximum absolute atomic E-state index is 14.1. The summed E-state index contributed by atoms with van der Waals surface area (Å²) in [6, 6.07) is 25.3. The fourth-order valence-electron chi connectivity index (χ4n) is 5.74. The van der Waals surface area contributed by atoms with Gasteiger partial charge in [0.2, 0.25) is 0 Å². The van der Waals surface area contributed by atoms with Gasteiger partial charge in [0.05, 0.1) is 19.9 Å². The lowest BCUT2D eigenvalue weighted by molar-refractivity contribution is -0.133. The Morgan fingerprint density at radius 2 is 1.59 bits per heavy atom. The molecule has 0 unspecified atom stereocenters. The van der Waals surface area contributed by atoms with Crippen molar-refractivity contribution in [2.24, 2.45) is 0 Å². The molecule has 3 aromatic carbocycles. The summed E-state index contributed by atoms with van der Waals surface area (Å²) >= 11 is 0. The summed E-state index contributed by atoms with van der Waals surface area (Å²) in [4.78, 5) is 31.0. The van der Waals surface area contributed by atoms with E-state index in [1.54, 1.807) is 0 Å². The minimum Gasteiger partial charge on any atom is -0.490 e. The summed E-state index contributed by atoms with van der Waals surface area (Å²) in [5, 5.41) is 3.08. The van der Waals surface area contributed by atoms with Crippen LogP contribution in [0.3, 0.4) is 0 Å². The van der Waals surface area contributed by atoms with Gasteiger partial charge >= 0.3 is 6.03 Å². The van der Waals surface area contributed by atoms with Gasteiger partial charge in [0.25, 0.3) is 5.91 Å². The van der Waals surface area contributed by atoms with Gasteiger partial charge in [-0.05, 0) is 41.7 Å². The zero-order valence-corrected chi connectivity index (χ0v) is 20.8. The van der Waals surface area contributed by atoms with E-state index in [1.807, 2.05) is 66.7 Å². The Labute approximate surface area is 217 Å². The average Bonchev–Trinajstić information content (AvgIpc) is 3.39. The number of hydrogen-bond donors (Lipinski definition) is 1. The molecule has 7 nitrogen and oxygen atoms in total. The summed E-state index contributed by atoms with van der Waals surface area (Å²) in [5.41, 5.74) is 1.77. The quantitative estimate of drug-likeness (QED) is 0.503. The summed E-state index contributed by atoms with van der Waals surface area (Å²) in [6.45, 7) is 2.34. The van der Waals surface area contributed by atoms with Gasteiger partial charge in [-0.3, -0.25) is 9.69 Å². The van der Waals surface area contributed by atoms with Crippen molar-refractivity contribution >= 4 is 11.9 Å². The molecule has 37 heavy (non-hydrogen) atoms. The number of likely N-dealkylation sites (tertiary alicyclic amines) is 1. The molecule has 0 spiro atoms. The molecular formula is C30H31N3O4. The molecule has 2 atom stereocenters. The first kappa shape index (κ1) is 23.6. The molecule has 0 saturated carbocycles. The molecule has 6 rings (SSSR count). The minimum atomic E-state index is -1.13. The molecule has 7 heteroatoms. The van der Waals surface area contributed by atoms with E-state index in [1.165, 1.54) is 4.90 Å². The second-order valence-electron chi connectivity index (χ2n) is 9.97. The first-order chi connectivity index (χ1) is 18.1. The zero-order valence-electron chi connectivity index (χ0n) is 20.8. The van der Waals surface area contributed by atoms with Gasteiger partial charge in [-0.1, -0.05) is 66.7 Å². The minimum absolute atomic E-state index is 0.0959. The van der Waals surface area contributed by atoms with Crippen molar-refractivity contribution in [2.75, 3.05) is 26.4 Å². The number of hydrogen-bond acceptors (Lipinski definition) is 5. The molecule has 0 aromatic heterocycles. The largest absolute Gasteiger partial charge is 0.490 e. The van der Waals surface area contributed by atoms with Crippen molar-refractivity contribution < 1.29 is 19.1 Å². The van der Waals surface area contributed by atoms with Crippen molar-refractivity contribution in [3.8, 4) is 11.5 Å². The number of nitrogens with one attached hydrogen (secondary N) is 1. The summed E-state index contributed by atoms with van der Waals surface area (Å²) in [7, 11) is 0. The van der Waals surface area contributed by atoms with E-state index in [4.69, 9.17) is 9.47 Å². The Balaban J connectivity index is 1.27. The van der Waals surface area contributed by atoms with Gasteiger partial charge in [-0.25, -0.2) is 9.69 Å². The lowest BCUT2D eigenvalue weighted by atomic mass is 9.83. The number of carbonyl (C=O) groups excluding carboxylic acids is 2. The number of carbonyl (C=O) groups is 2. The summed E-state index contributed by atoms with van der Waals surface area (Å²) in [6.07, 6.45) is 3.20. The highest BCUT2D eigenvalue weighted by Gasteiger charge is 2.53. The first-order valence-electron chi connectivity index (χ1n) is 13.0. The third-order valence-electron chi connectivity index (χ3n) is 7.60. The van der Waals surface area contributed by atoms with E-state index in [0.29, 0.717) is 19.6 Å². The maximum Gasteiger partial charge on any atom is 0.326 e. The van der Waals surface area contributed by atoms with Crippen LogP contribution in [0.4, 0.5) is 4.79 Å². The van der Waals surface area contributed by atoms with Gasteiger partial charge < -0.3 is 14.8 Å². The molecule has 0 aliphatic carbocycles. The Morgan fingerprint density at radius 1 is 0.865 bits per heavy atom. The van der Waals surface area contributed by atoms with Crippen LogP contribution in [0.15, 0.2) is 78.9 Å². The van der Waals surface area contributed by atoms with Gasteiger partial charge in [0.1, 0.15) is 0 Å². The first-order valence-corrected chi connectivity index (χ1v) is 13.0. The summed E-state index contributed by atoms with van der Waals surface area (Å²) in [5.74, 6) is 1.33. The third kappa shape index (κ3) is 4.44. The Bertz CT molecular complexity index is 1280. The van der Waals surface area contributed by atoms with Crippen LogP contribution >= 0.6 is 0 Å². The maximum atomic E-state index is 14.1. The molecule has 3 aliphatic rings. The zero-order chi connectivity index (χ0) is 25.2. The molecular weight excluding hydrogens is 466 g/mol. The second-order valence-corrected chi connectivity index (χ2v) is 9.97. The smallest absolute Gasteiger partial charge is 0.326 e. The van der Waals surface area contributed by atoms with Crippen LogP contribution < -0.4 is 14.8 Å². The SMILES string of the molecule is O=C1N[C@](Cc2ccccc2)(c2ccccc2)C(=O)N1CN1CCC[C@@H]1c1ccc2c(c1)OCCCO2. The number of rotatable bonds is 6. The molecule has 3 aliphatic heterocycles. The number of fused-ring (bicyclic) bond motifs is 1. The fourth-order valence-corrected chi connectivity index (χ4v) is 5.74. The normalized spacial score (nSPS) is 23.7.